The fourth-order valence-corrected chi connectivity index (χ4v) is 1.49. The minimum absolute atomic E-state index is 0.00562. The molecule has 102 valence electrons. The van der Waals surface area contributed by atoms with E-state index in [0.29, 0.717) is 5.75 Å². The van der Waals surface area contributed by atoms with Crippen molar-refractivity contribution in [3.8, 4) is 5.75 Å². The summed E-state index contributed by atoms with van der Waals surface area (Å²) in [5.74, 6) is 0.233. The van der Waals surface area contributed by atoms with Gasteiger partial charge in [0.15, 0.2) is 5.11 Å². The van der Waals surface area contributed by atoms with Gasteiger partial charge in [-0.1, -0.05) is 12.1 Å². The smallest absolute Gasteiger partial charge is 0.220 e. The van der Waals surface area contributed by atoms with Crippen LogP contribution in [0.3, 0.4) is 0 Å². The van der Waals surface area contributed by atoms with Crippen molar-refractivity contribution in [3.05, 3.63) is 29.8 Å². The Morgan fingerprint density at radius 3 is 2.47 bits per heavy atom. The number of carbonyl (C=O) groups excluding carboxylic acids is 1. The lowest BCUT2D eigenvalue weighted by molar-refractivity contribution is -0.108. The average molecular weight is 281 g/mol. The lowest BCUT2D eigenvalue weighted by Gasteiger charge is -2.13. The highest BCUT2D eigenvalue weighted by molar-refractivity contribution is 7.80. The lowest BCUT2D eigenvalue weighted by atomic mass is 10.0. The number of rotatable bonds is 5. The van der Waals surface area contributed by atoms with Gasteiger partial charge in [-0.2, -0.15) is 0 Å². The Kier molecular flexibility index (Phi) is 5.74. The zero-order valence-electron chi connectivity index (χ0n) is 10.6. The molecule has 0 aromatic heterocycles. The molecule has 3 N–H and O–H groups in total. The molecule has 0 spiro atoms. The van der Waals surface area contributed by atoms with Crippen molar-refractivity contribution in [3.63, 3.8) is 0 Å². The zero-order chi connectivity index (χ0) is 14.3. The Bertz CT molecular complexity index is 474. The number of hydrogen-bond acceptors (Lipinski definition) is 5. The fourth-order valence-electron chi connectivity index (χ4n) is 1.44. The topological polar surface area (TPSA) is 85.9 Å². The van der Waals surface area contributed by atoms with Crippen LogP contribution in [0.25, 0.3) is 0 Å². The van der Waals surface area contributed by atoms with Crippen LogP contribution >= 0.6 is 12.2 Å². The third kappa shape index (κ3) is 4.22. The number of ether oxygens (including phenoxy) is 2. The van der Waals surface area contributed by atoms with Gasteiger partial charge in [-0.3, -0.25) is 5.43 Å². The number of benzene rings is 1. The molecule has 0 aliphatic rings. The summed E-state index contributed by atoms with van der Waals surface area (Å²) >= 11 is 4.63. The van der Waals surface area contributed by atoms with Crippen LogP contribution < -0.4 is 15.9 Å². The van der Waals surface area contributed by atoms with Crippen molar-refractivity contribution in [2.24, 2.45) is 10.8 Å². The minimum Gasteiger partial charge on any atom is -0.497 e. The average Bonchev–Trinajstić information content (AvgIpc) is 2.43. The summed E-state index contributed by atoms with van der Waals surface area (Å²) in [5, 5.41) is 3.84. The minimum atomic E-state index is -0.641. The van der Waals surface area contributed by atoms with Crippen molar-refractivity contribution >= 4 is 29.5 Å². The molecule has 0 bridgehead atoms. The molecule has 0 amide bonds. The molecule has 7 heteroatoms. The first kappa shape index (κ1) is 14.9. The molecule has 0 saturated carbocycles. The van der Waals surface area contributed by atoms with Gasteiger partial charge in [-0.15, -0.1) is 5.10 Å². The van der Waals surface area contributed by atoms with E-state index in [0.717, 1.165) is 11.8 Å². The standard InChI is InChI=1S/C12H15N3O3S/c1-17-9-5-3-8(4-6-9)10(7-16)11(18-2)14-15-12(13)19/h3-7,10H,1-2H3,(H3,13,15,19). The van der Waals surface area contributed by atoms with Crippen LogP contribution in [0.5, 0.6) is 5.75 Å². The molecule has 0 heterocycles. The van der Waals surface area contributed by atoms with Crippen LogP contribution in [0, 0.1) is 0 Å². The summed E-state index contributed by atoms with van der Waals surface area (Å²) in [7, 11) is 2.99. The van der Waals surface area contributed by atoms with Gasteiger partial charge in [-0.05, 0) is 29.9 Å². The zero-order valence-corrected chi connectivity index (χ0v) is 11.4. The van der Waals surface area contributed by atoms with Crippen LogP contribution in [-0.4, -0.2) is 31.5 Å². The lowest BCUT2D eigenvalue weighted by Crippen LogP contribution is -2.28. The second-order valence-electron chi connectivity index (χ2n) is 3.52. The van der Waals surface area contributed by atoms with Crippen LogP contribution in [-0.2, 0) is 9.53 Å². The Morgan fingerprint density at radius 2 is 2.05 bits per heavy atom. The molecule has 0 aliphatic heterocycles. The summed E-state index contributed by atoms with van der Waals surface area (Å²) in [6, 6.07) is 7.01. The summed E-state index contributed by atoms with van der Waals surface area (Å²) in [4.78, 5) is 11.2. The Labute approximate surface area is 116 Å². The van der Waals surface area contributed by atoms with Crippen molar-refractivity contribution < 1.29 is 14.3 Å². The number of hydrogen-bond donors (Lipinski definition) is 2. The third-order valence-electron chi connectivity index (χ3n) is 2.36. The predicted molar refractivity (Wildman–Crippen MR) is 76.2 cm³/mol. The van der Waals surface area contributed by atoms with Gasteiger partial charge >= 0.3 is 0 Å². The molecular formula is C12H15N3O3S. The van der Waals surface area contributed by atoms with Crippen molar-refractivity contribution in [2.45, 2.75) is 5.92 Å². The van der Waals surface area contributed by atoms with E-state index in [-0.39, 0.29) is 11.0 Å². The quantitative estimate of drug-likeness (QED) is 0.273. The highest BCUT2D eigenvalue weighted by Crippen LogP contribution is 2.19. The van der Waals surface area contributed by atoms with E-state index in [9.17, 15) is 4.79 Å². The highest BCUT2D eigenvalue weighted by atomic mass is 32.1. The number of aldehydes is 1. The first-order valence-electron chi connectivity index (χ1n) is 5.38. The number of hydrazone groups is 1. The second kappa shape index (κ2) is 7.32. The van der Waals surface area contributed by atoms with Crippen LogP contribution in [0.4, 0.5) is 0 Å². The first-order valence-corrected chi connectivity index (χ1v) is 5.79. The normalized spacial score (nSPS) is 12.4. The van der Waals surface area contributed by atoms with Gasteiger partial charge in [0.2, 0.25) is 5.90 Å². The van der Waals surface area contributed by atoms with E-state index in [1.165, 1.54) is 7.11 Å². The maximum absolute atomic E-state index is 11.2. The van der Waals surface area contributed by atoms with Gasteiger partial charge in [-0.25, -0.2) is 0 Å². The molecule has 19 heavy (non-hydrogen) atoms. The maximum atomic E-state index is 11.2. The van der Waals surface area contributed by atoms with Gasteiger partial charge < -0.3 is 20.0 Å². The van der Waals surface area contributed by atoms with Gasteiger partial charge in [0.05, 0.1) is 14.2 Å². The molecule has 1 atom stereocenters. The number of thiocarbonyl (C=S) groups is 1. The van der Waals surface area contributed by atoms with E-state index in [2.05, 4.69) is 22.7 Å². The largest absolute Gasteiger partial charge is 0.497 e. The van der Waals surface area contributed by atoms with Gasteiger partial charge in [0, 0.05) is 0 Å². The molecule has 6 nitrogen and oxygen atoms in total. The Morgan fingerprint density at radius 1 is 1.42 bits per heavy atom. The van der Waals surface area contributed by atoms with Gasteiger partial charge in [0.25, 0.3) is 0 Å². The Balaban J connectivity index is 2.99. The van der Waals surface area contributed by atoms with Gasteiger partial charge in [0.1, 0.15) is 18.0 Å². The monoisotopic (exact) mass is 281 g/mol. The van der Waals surface area contributed by atoms with E-state index in [4.69, 9.17) is 15.2 Å². The molecule has 1 rings (SSSR count). The maximum Gasteiger partial charge on any atom is 0.220 e. The summed E-state index contributed by atoms with van der Waals surface area (Å²) in [6.45, 7) is 0. The third-order valence-corrected chi connectivity index (χ3v) is 2.45. The Hall–Kier alpha value is -2.15. The summed E-state index contributed by atoms with van der Waals surface area (Å²) < 4.78 is 10.1. The SMILES string of the molecule is COC(=NNC(N)=S)C(C=O)c1ccc(OC)cc1. The summed E-state index contributed by atoms with van der Waals surface area (Å²) in [5.41, 5.74) is 8.38. The van der Waals surface area contributed by atoms with Crippen molar-refractivity contribution in [1.82, 2.24) is 5.43 Å². The molecule has 0 radical (unpaired) electrons. The highest BCUT2D eigenvalue weighted by Gasteiger charge is 2.19. The number of nitrogens with one attached hydrogen (secondary N) is 1. The van der Waals surface area contributed by atoms with E-state index >= 15 is 0 Å². The molecule has 1 unspecified atom stereocenters. The number of nitrogens with zero attached hydrogens (tertiary/aromatic N) is 1. The number of carbonyl (C=O) groups is 1. The molecule has 0 saturated heterocycles. The van der Waals surface area contributed by atoms with Crippen LogP contribution in [0.2, 0.25) is 0 Å². The molecule has 1 aromatic rings. The fraction of sp³-hybridized carbons (Fsp3) is 0.250. The molecule has 1 aromatic carbocycles. The predicted octanol–water partition coefficient (Wildman–Crippen LogP) is 0.771. The molecular weight excluding hydrogens is 266 g/mol. The van der Waals surface area contributed by atoms with Crippen molar-refractivity contribution in [1.29, 1.82) is 0 Å². The molecule has 0 fully saturated rings. The second-order valence-corrected chi connectivity index (χ2v) is 3.96. The first-order chi connectivity index (χ1) is 9.12. The van der Waals surface area contributed by atoms with Crippen molar-refractivity contribution in [2.75, 3.05) is 14.2 Å². The number of nitrogens with two attached hydrogens (primary N) is 1. The van der Waals surface area contributed by atoms with Crippen LogP contribution in [0.15, 0.2) is 29.4 Å². The van der Waals surface area contributed by atoms with E-state index in [1.807, 2.05) is 0 Å². The summed E-state index contributed by atoms with van der Waals surface area (Å²) in [6.07, 6.45) is 0.728. The van der Waals surface area contributed by atoms with E-state index in [1.54, 1.807) is 31.4 Å². The molecule has 0 aliphatic carbocycles. The number of methoxy groups -OCH3 is 2. The van der Waals surface area contributed by atoms with E-state index < -0.39 is 5.92 Å². The van der Waals surface area contributed by atoms with Crippen LogP contribution in [0.1, 0.15) is 11.5 Å².